The summed E-state index contributed by atoms with van der Waals surface area (Å²) >= 11 is 0. The first-order valence-electron chi connectivity index (χ1n) is 6.83. The number of carboxylic acids is 1. The molecule has 0 atom stereocenters. The Kier molecular flexibility index (Phi) is 4.57. The van der Waals surface area contributed by atoms with Gasteiger partial charge in [-0.25, -0.2) is 0 Å². The summed E-state index contributed by atoms with van der Waals surface area (Å²) in [5.41, 5.74) is 2.11. The number of benzene rings is 1. The first-order valence-corrected chi connectivity index (χ1v) is 6.83. The zero-order valence-electron chi connectivity index (χ0n) is 11.9. The molecule has 1 N–H and O–H groups in total. The third kappa shape index (κ3) is 3.81. The van der Waals surface area contributed by atoms with Gasteiger partial charge in [-0.1, -0.05) is 29.8 Å². The van der Waals surface area contributed by atoms with Crippen molar-refractivity contribution in [2.24, 2.45) is 0 Å². The van der Waals surface area contributed by atoms with E-state index in [0.717, 1.165) is 11.1 Å². The van der Waals surface area contributed by atoms with Crippen LogP contribution in [-0.4, -0.2) is 52.3 Å². The summed E-state index contributed by atoms with van der Waals surface area (Å²) in [6.45, 7) is 3.28. The van der Waals surface area contributed by atoms with Crippen LogP contribution in [0.2, 0.25) is 0 Å². The monoisotopic (exact) mass is 290 g/mol. The average molecular weight is 290 g/mol. The molecule has 0 unspecified atom stereocenters. The van der Waals surface area contributed by atoms with Crippen LogP contribution in [0.3, 0.4) is 0 Å². The van der Waals surface area contributed by atoms with E-state index in [9.17, 15) is 14.4 Å². The number of amides is 2. The van der Waals surface area contributed by atoms with Crippen molar-refractivity contribution in [2.75, 3.05) is 19.6 Å². The number of aliphatic carboxylic acids is 1. The van der Waals surface area contributed by atoms with E-state index in [-0.39, 0.29) is 13.0 Å². The number of rotatable bonds is 5. The lowest BCUT2D eigenvalue weighted by molar-refractivity contribution is -0.157. The first kappa shape index (κ1) is 15.0. The van der Waals surface area contributed by atoms with Gasteiger partial charge in [0.15, 0.2) is 0 Å². The van der Waals surface area contributed by atoms with Crippen molar-refractivity contribution in [1.29, 1.82) is 0 Å². The van der Waals surface area contributed by atoms with E-state index in [0.29, 0.717) is 19.6 Å². The zero-order chi connectivity index (χ0) is 15.4. The summed E-state index contributed by atoms with van der Waals surface area (Å²) in [4.78, 5) is 37.3. The second kappa shape index (κ2) is 6.39. The fourth-order valence-corrected chi connectivity index (χ4v) is 2.22. The predicted molar refractivity (Wildman–Crippen MR) is 75.4 cm³/mol. The molecule has 1 aromatic rings. The largest absolute Gasteiger partial charge is 0.481 e. The van der Waals surface area contributed by atoms with Crippen LogP contribution in [-0.2, 0) is 20.9 Å². The Balaban J connectivity index is 1.96. The van der Waals surface area contributed by atoms with Gasteiger partial charge in [0.05, 0.1) is 6.42 Å². The molecule has 0 bridgehead atoms. The topological polar surface area (TPSA) is 77.9 Å². The molecule has 0 radical (unpaired) electrons. The normalized spacial score (nSPS) is 15.5. The van der Waals surface area contributed by atoms with Gasteiger partial charge in [-0.05, 0) is 12.5 Å². The van der Waals surface area contributed by atoms with Crippen molar-refractivity contribution >= 4 is 17.8 Å². The van der Waals surface area contributed by atoms with Crippen molar-refractivity contribution in [3.8, 4) is 0 Å². The lowest BCUT2D eigenvalue weighted by Crippen LogP contribution is -2.54. The summed E-state index contributed by atoms with van der Waals surface area (Å²) in [7, 11) is 0. The molecule has 6 nitrogen and oxygen atoms in total. The Morgan fingerprint density at radius 1 is 1.10 bits per heavy atom. The van der Waals surface area contributed by atoms with Crippen molar-refractivity contribution in [1.82, 2.24) is 9.80 Å². The molecule has 0 aliphatic carbocycles. The van der Waals surface area contributed by atoms with Gasteiger partial charge < -0.3 is 14.9 Å². The number of nitrogens with zero attached hydrogens (tertiary/aromatic N) is 2. The molecule has 6 heteroatoms. The summed E-state index contributed by atoms with van der Waals surface area (Å²) in [5, 5.41) is 8.63. The lowest BCUT2D eigenvalue weighted by Gasteiger charge is -2.33. The highest BCUT2D eigenvalue weighted by molar-refractivity contribution is 6.35. The van der Waals surface area contributed by atoms with Gasteiger partial charge in [-0.15, -0.1) is 0 Å². The number of hydrogen-bond acceptors (Lipinski definition) is 3. The van der Waals surface area contributed by atoms with Gasteiger partial charge >= 0.3 is 17.8 Å². The Morgan fingerprint density at radius 3 is 2.29 bits per heavy atom. The van der Waals surface area contributed by atoms with Crippen LogP contribution in [0.15, 0.2) is 24.3 Å². The Labute approximate surface area is 123 Å². The SMILES string of the molecule is Cc1ccc(CN2CCN(CCC(=O)O)C(=O)C2=O)cc1. The molecule has 1 saturated heterocycles. The minimum atomic E-state index is -0.975. The van der Waals surface area contributed by atoms with Gasteiger partial charge in [0.2, 0.25) is 0 Å². The van der Waals surface area contributed by atoms with E-state index in [1.165, 1.54) is 9.80 Å². The van der Waals surface area contributed by atoms with Gasteiger partial charge in [-0.3, -0.25) is 14.4 Å². The number of carbonyl (C=O) groups excluding carboxylic acids is 2. The molecule has 1 heterocycles. The van der Waals surface area contributed by atoms with E-state index >= 15 is 0 Å². The number of carboxylic acid groups (broad SMARTS) is 1. The second-order valence-electron chi connectivity index (χ2n) is 5.15. The molecule has 1 aliphatic heterocycles. The smallest absolute Gasteiger partial charge is 0.312 e. The molecular formula is C15H18N2O4. The van der Waals surface area contributed by atoms with Crippen molar-refractivity contribution in [2.45, 2.75) is 19.9 Å². The van der Waals surface area contributed by atoms with Crippen LogP contribution < -0.4 is 0 Å². The lowest BCUT2D eigenvalue weighted by atomic mass is 10.1. The summed E-state index contributed by atoms with van der Waals surface area (Å²) in [6, 6.07) is 7.79. The molecule has 1 aliphatic rings. The maximum Gasteiger partial charge on any atom is 0.312 e. The van der Waals surface area contributed by atoms with Crippen LogP contribution in [0.25, 0.3) is 0 Å². The van der Waals surface area contributed by atoms with E-state index in [2.05, 4.69) is 0 Å². The maximum atomic E-state index is 12.0. The third-order valence-corrected chi connectivity index (χ3v) is 3.49. The number of hydrogen-bond donors (Lipinski definition) is 1. The van der Waals surface area contributed by atoms with Crippen LogP contribution in [0.1, 0.15) is 17.5 Å². The Bertz CT molecular complexity index is 553. The molecule has 2 amide bonds. The van der Waals surface area contributed by atoms with Crippen LogP contribution >= 0.6 is 0 Å². The molecule has 0 spiro atoms. The summed E-state index contributed by atoms with van der Waals surface area (Å²) < 4.78 is 0. The summed E-state index contributed by atoms with van der Waals surface area (Å²) in [6.07, 6.45) is -0.142. The first-order chi connectivity index (χ1) is 9.97. The second-order valence-corrected chi connectivity index (χ2v) is 5.15. The van der Waals surface area contributed by atoms with Gasteiger partial charge in [-0.2, -0.15) is 0 Å². The minimum Gasteiger partial charge on any atom is -0.481 e. The molecule has 1 aromatic carbocycles. The van der Waals surface area contributed by atoms with Crippen LogP contribution in [0, 0.1) is 6.92 Å². The fourth-order valence-electron chi connectivity index (χ4n) is 2.22. The molecule has 112 valence electrons. The number of piperazine rings is 1. The average Bonchev–Trinajstić information content (AvgIpc) is 2.45. The number of aryl methyl sites for hydroxylation is 1. The van der Waals surface area contributed by atoms with E-state index in [4.69, 9.17) is 5.11 Å². The molecule has 0 saturated carbocycles. The summed E-state index contributed by atoms with van der Waals surface area (Å²) in [5.74, 6) is -2.15. The van der Waals surface area contributed by atoms with Crippen molar-refractivity contribution in [3.05, 3.63) is 35.4 Å². The zero-order valence-corrected chi connectivity index (χ0v) is 11.9. The van der Waals surface area contributed by atoms with Crippen molar-refractivity contribution < 1.29 is 19.5 Å². The van der Waals surface area contributed by atoms with Crippen LogP contribution in [0.5, 0.6) is 0 Å². The van der Waals surface area contributed by atoms with Gasteiger partial charge in [0.1, 0.15) is 0 Å². The standard InChI is InChI=1S/C15H18N2O4/c1-11-2-4-12(5-3-11)10-17-9-8-16(7-6-13(18)19)14(20)15(17)21/h2-5H,6-10H2,1H3,(H,18,19). The highest BCUT2D eigenvalue weighted by Crippen LogP contribution is 2.12. The van der Waals surface area contributed by atoms with Gasteiger partial charge in [0.25, 0.3) is 0 Å². The molecule has 0 aromatic heterocycles. The minimum absolute atomic E-state index is 0.0816. The van der Waals surface area contributed by atoms with E-state index < -0.39 is 17.8 Å². The predicted octanol–water partition coefficient (Wildman–Crippen LogP) is 0.641. The Morgan fingerprint density at radius 2 is 1.67 bits per heavy atom. The fraction of sp³-hybridized carbons (Fsp3) is 0.400. The number of carbonyl (C=O) groups is 3. The van der Waals surface area contributed by atoms with Crippen LogP contribution in [0.4, 0.5) is 0 Å². The molecule has 21 heavy (non-hydrogen) atoms. The highest BCUT2D eigenvalue weighted by atomic mass is 16.4. The van der Waals surface area contributed by atoms with Crippen molar-refractivity contribution in [3.63, 3.8) is 0 Å². The molecule has 2 rings (SSSR count). The van der Waals surface area contributed by atoms with E-state index in [1.54, 1.807) is 0 Å². The quantitative estimate of drug-likeness (QED) is 0.807. The molecular weight excluding hydrogens is 272 g/mol. The van der Waals surface area contributed by atoms with Gasteiger partial charge in [0, 0.05) is 26.2 Å². The molecule has 1 fully saturated rings. The highest BCUT2D eigenvalue weighted by Gasteiger charge is 2.32. The maximum absolute atomic E-state index is 12.0. The van der Waals surface area contributed by atoms with E-state index in [1.807, 2.05) is 31.2 Å². The third-order valence-electron chi connectivity index (χ3n) is 3.49. The Hall–Kier alpha value is -2.37.